The number of nitrogens with zero attached hydrogens (tertiary/aromatic N) is 3. The van der Waals surface area contributed by atoms with Crippen molar-refractivity contribution in [2.75, 3.05) is 13.6 Å². The Kier molecular flexibility index (Phi) is 5.00. The zero-order valence-electron chi connectivity index (χ0n) is 15.2. The maximum atomic E-state index is 12.7. The third kappa shape index (κ3) is 3.90. The van der Waals surface area contributed by atoms with Gasteiger partial charge in [0.25, 0.3) is 5.56 Å². The topological polar surface area (TPSA) is 191 Å². The molecule has 29 heavy (non-hydrogen) atoms. The number of nitrogens with one attached hydrogen (secondary N) is 3. The van der Waals surface area contributed by atoms with Crippen LogP contribution in [0.1, 0.15) is 5.56 Å². The van der Waals surface area contributed by atoms with Crippen LogP contribution < -0.4 is 17.0 Å². The first kappa shape index (κ1) is 19.5. The van der Waals surface area contributed by atoms with Gasteiger partial charge in [0.05, 0.1) is 0 Å². The normalized spacial score (nSPS) is 10.8. The van der Waals surface area contributed by atoms with E-state index in [1.807, 2.05) is 0 Å². The van der Waals surface area contributed by atoms with Crippen LogP contribution in [0.3, 0.4) is 0 Å². The van der Waals surface area contributed by atoms with Crippen LogP contribution in [0.15, 0.2) is 33.9 Å². The minimum absolute atomic E-state index is 0.0102. The molecule has 150 valence electrons. The lowest BCUT2D eigenvalue weighted by molar-refractivity contribution is -0.143. The fourth-order valence-corrected chi connectivity index (χ4v) is 2.65. The number of aromatic nitrogens is 4. The molecule has 2 aromatic heterocycles. The molecule has 12 heteroatoms. The van der Waals surface area contributed by atoms with Gasteiger partial charge in [0.2, 0.25) is 5.91 Å². The molecule has 0 aliphatic carbocycles. The van der Waals surface area contributed by atoms with Gasteiger partial charge >= 0.3 is 11.7 Å². The lowest BCUT2D eigenvalue weighted by Crippen LogP contribution is -2.42. The number of likely N-dealkylation sites (N-methyl/N-ethyl adjacent to an activating group) is 1. The standard InChI is InChI=1S/C17H17N7O5/c1-23(7-11(26)27)10(25)6-24-16(28)12-15(22-17(24)29)21-14(20-12)9-4-2-8(3-5-9)13(18)19/h2-5H,6-7H2,1H3,(H3,18,19)(H,20,21)(H,22,29)(H,26,27). The molecular formula is C17H17N7O5. The molecule has 0 atom stereocenters. The van der Waals surface area contributed by atoms with Gasteiger partial charge in [-0.25, -0.2) is 14.3 Å². The summed E-state index contributed by atoms with van der Waals surface area (Å²) in [6.45, 7) is -1.17. The Hall–Kier alpha value is -4.22. The monoisotopic (exact) mass is 399 g/mol. The van der Waals surface area contributed by atoms with E-state index in [1.54, 1.807) is 24.3 Å². The summed E-state index contributed by atoms with van der Waals surface area (Å²) >= 11 is 0. The molecule has 6 N–H and O–H groups in total. The van der Waals surface area contributed by atoms with Crippen LogP contribution in [0, 0.1) is 5.41 Å². The number of carbonyl (C=O) groups is 2. The number of carboxylic acids is 1. The number of amides is 1. The number of carboxylic acid groups (broad SMARTS) is 1. The van der Waals surface area contributed by atoms with E-state index in [1.165, 1.54) is 7.05 Å². The number of amidine groups is 1. The molecule has 0 spiro atoms. The van der Waals surface area contributed by atoms with Gasteiger partial charge in [-0.3, -0.25) is 24.8 Å². The predicted octanol–water partition coefficient (Wildman–Crippen LogP) is -1.09. The highest BCUT2D eigenvalue weighted by molar-refractivity contribution is 5.95. The van der Waals surface area contributed by atoms with E-state index in [-0.39, 0.29) is 17.0 Å². The van der Waals surface area contributed by atoms with Crippen LogP contribution in [-0.2, 0) is 16.1 Å². The van der Waals surface area contributed by atoms with Gasteiger partial charge in [0.1, 0.15) is 30.3 Å². The van der Waals surface area contributed by atoms with Gasteiger partial charge in [0, 0.05) is 18.2 Å². The van der Waals surface area contributed by atoms with E-state index in [2.05, 4.69) is 15.0 Å². The first-order valence-electron chi connectivity index (χ1n) is 8.30. The number of fused-ring (bicyclic) bond motifs is 1. The average Bonchev–Trinajstić information content (AvgIpc) is 3.08. The second-order valence-electron chi connectivity index (χ2n) is 6.27. The summed E-state index contributed by atoms with van der Waals surface area (Å²) in [5.74, 6) is -1.72. The molecule has 0 aliphatic heterocycles. The lowest BCUT2D eigenvalue weighted by atomic mass is 10.1. The van der Waals surface area contributed by atoms with Crippen LogP contribution in [0.4, 0.5) is 0 Å². The first-order valence-corrected chi connectivity index (χ1v) is 8.30. The van der Waals surface area contributed by atoms with Crippen molar-refractivity contribution < 1.29 is 14.7 Å². The molecule has 3 rings (SSSR count). The van der Waals surface area contributed by atoms with Crippen molar-refractivity contribution in [3.63, 3.8) is 0 Å². The Morgan fingerprint density at radius 3 is 2.48 bits per heavy atom. The summed E-state index contributed by atoms with van der Waals surface area (Å²) in [6, 6.07) is 6.52. The number of nitrogens with two attached hydrogens (primary N) is 1. The predicted molar refractivity (Wildman–Crippen MR) is 103 cm³/mol. The highest BCUT2D eigenvalue weighted by Crippen LogP contribution is 2.18. The maximum Gasteiger partial charge on any atom is 0.330 e. The van der Waals surface area contributed by atoms with Gasteiger partial charge < -0.3 is 20.7 Å². The van der Waals surface area contributed by atoms with Crippen molar-refractivity contribution in [3.05, 3.63) is 50.7 Å². The van der Waals surface area contributed by atoms with Crippen LogP contribution in [0.5, 0.6) is 0 Å². The minimum atomic E-state index is -1.22. The Morgan fingerprint density at radius 2 is 1.90 bits per heavy atom. The third-order valence-electron chi connectivity index (χ3n) is 4.19. The summed E-state index contributed by atoms with van der Waals surface area (Å²) in [6.07, 6.45) is 0. The molecule has 0 saturated heterocycles. The van der Waals surface area contributed by atoms with Crippen molar-refractivity contribution in [3.8, 4) is 11.4 Å². The molecule has 1 aromatic carbocycles. The van der Waals surface area contributed by atoms with E-state index >= 15 is 0 Å². The average molecular weight is 399 g/mol. The Balaban J connectivity index is 1.98. The number of benzene rings is 1. The van der Waals surface area contributed by atoms with Crippen LogP contribution in [0.25, 0.3) is 22.6 Å². The number of carbonyl (C=O) groups excluding carboxylic acids is 1. The zero-order chi connectivity index (χ0) is 21.3. The minimum Gasteiger partial charge on any atom is -0.480 e. The second kappa shape index (κ2) is 7.42. The van der Waals surface area contributed by atoms with E-state index < -0.39 is 36.2 Å². The molecule has 3 aromatic rings. The van der Waals surface area contributed by atoms with E-state index in [0.717, 1.165) is 4.90 Å². The maximum absolute atomic E-state index is 12.7. The summed E-state index contributed by atoms with van der Waals surface area (Å²) < 4.78 is 0.670. The van der Waals surface area contributed by atoms with Gasteiger partial charge in [-0.2, -0.15) is 0 Å². The summed E-state index contributed by atoms with van der Waals surface area (Å²) in [5.41, 5.74) is 4.93. The Bertz CT molecular complexity index is 1240. The number of hydrogen-bond acceptors (Lipinski definition) is 6. The van der Waals surface area contributed by atoms with Gasteiger partial charge in [0.15, 0.2) is 5.65 Å². The van der Waals surface area contributed by atoms with Crippen LogP contribution >= 0.6 is 0 Å². The highest BCUT2D eigenvalue weighted by Gasteiger charge is 2.18. The fraction of sp³-hybridized carbons (Fsp3) is 0.176. The smallest absolute Gasteiger partial charge is 0.330 e. The summed E-state index contributed by atoms with van der Waals surface area (Å²) in [7, 11) is 1.26. The first-order chi connectivity index (χ1) is 13.7. The molecule has 0 unspecified atom stereocenters. The molecule has 0 radical (unpaired) electrons. The lowest BCUT2D eigenvalue weighted by Gasteiger charge is -2.14. The van der Waals surface area contributed by atoms with Crippen LogP contribution in [0.2, 0.25) is 0 Å². The second-order valence-corrected chi connectivity index (χ2v) is 6.27. The molecular weight excluding hydrogens is 382 g/mol. The zero-order valence-corrected chi connectivity index (χ0v) is 15.2. The van der Waals surface area contributed by atoms with Gasteiger partial charge in [-0.05, 0) is 0 Å². The van der Waals surface area contributed by atoms with E-state index in [9.17, 15) is 19.2 Å². The van der Waals surface area contributed by atoms with Crippen molar-refractivity contribution >= 4 is 28.9 Å². The SMILES string of the molecule is CN(CC(=O)O)C(=O)Cn1c(=O)[nH]c2nc(-c3ccc(C(=N)N)cc3)[nH]c2c1=O. The molecule has 1 amide bonds. The van der Waals surface area contributed by atoms with Crippen molar-refractivity contribution in [2.24, 2.45) is 5.73 Å². The number of imidazole rings is 1. The number of aromatic amines is 2. The largest absolute Gasteiger partial charge is 0.480 e. The Labute approximate surface area is 162 Å². The fourth-order valence-electron chi connectivity index (χ4n) is 2.65. The summed E-state index contributed by atoms with van der Waals surface area (Å²) in [5, 5.41) is 16.1. The van der Waals surface area contributed by atoms with Crippen molar-refractivity contribution in [1.82, 2.24) is 24.4 Å². The third-order valence-corrected chi connectivity index (χ3v) is 4.19. The molecule has 2 heterocycles. The number of H-pyrrole nitrogens is 2. The molecule has 12 nitrogen and oxygen atoms in total. The number of aliphatic carboxylic acids is 1. The molecule has 0 fully saturated rings. The Morgan fingerprint density at radius 1 is 1.24 bits per heavy atom. The molecule has 0 bridgehead atoms. The number of nitrogen functional groups attached to an aromatic ring is 1. The van der Waals surface area contributed by atoms with Crippen molar-refractivity contribution in [1.29, 1.82) is 5.41 Å². The van der Waals surface area contributed by atoms with Crippen molar-refractivity contribution in [2.45, 2.75) is 6.54 Å². The highest BCUT2D eigenvalue weighted by atomic mass is 16.4. The van der Waals surface area contributed by atoms with Gasteiger partial charge in [-0.1, -0.05) is 24.3 Å². The van der Waals surface area contributed by atoms with E-state index in [0.29, 0.717) is 21.5 Å². The number of hydrogen-bond donors (Lipinski definition) is 5. The number of rotatable bonds is 6. The summed E-state index contributed by atoms with van der Waals surface area (Å²) in [4.78, 5) is 58.0. The van der Waals surface area contributed by atoms with E-state index in [4.69, 9.17) is 16.2 Å². The quantitative estimate of drug-likeness (QED) is 0.257. The molecule has 0 saturated carbocycles. The molecule has 0 aliphatic rings. The van der Waals surface area contributed by atoms with Gasteiger partial charge in [-0.15, -0.1) is 0 Å². The van der Waals surface area contributed by atoms with Crippen LogP contribution in [-0.4, -0.2) is 60.8 Å².